The van der Waals surface area contributed by atoms with Crippen LogP contribution < -0.4 is 15.2 Å². The van der Waals surface area contributed by atoms with Crippen LogP contribution in [0.3, 0.4) is 0 Å². The van der Waals surface area contributed by atoms with Crippen molar-refractivity contribution >= 4 is 11.6 Å². The molecule has 0 saturated carbocycles. The SMILES string of the molecule is COc1ccc(NC(=O)[C@H](Cc2cccc(C)c2)c2nnn[n-]2)cc1. The van der Waals surface area contributed by atoms with E-state index in [1.54, 1.807) is 31.4 Å². The number of amides is 1. The molecule has 1 heterocycles. The van der Waals surface area contributed by atoms with E-state index in [2.05, 4.69) is 25.9 Å². The van der Waals surface area contributed by atoms with E-state index in [4.69, 9.17) is 4.74 Å². The molecule has 0 radical (unpaired) electrons. The van der Waals surface area contributed by atoms with Gasteiger partial charge in [-0.25, -0.2) is 0 Å². The number of hydrogen-bond acceptors (Lipinski definition) is 5. The Morgan fingerprint density at radius 2 is 2.04 bits per heavy atom. The van der Waals surface area contributed by atoms with Gasteiger partial charge in [0.25, 0.3) is 0 Å². The molecule has 0 spiro atoms. The van der Waals surface area contributed by atoms with Gasteiger partial charge >= 0.3 is 0 Å². The Bertz CT molecular complexity index is 831. The highest BCUT2D eigenvalue weighted by Crippen LogP contribution is 2.21. The summed E-state index contributed by atoms with van der Waals surface area (Å²) in [6.45, 7) is 2.01. The Labute approximate surface area is 145 Å². The van der Waals surface area contributed by atoms with Gasteiger partial charge in [-0.05, 0) is 43.2 Å². The molecule has 7 heteroatoms. The molecule has 0 aliphatic heterocycles. The van der Waals surface area contributed by atoms with E-state index in [1.807, 2.05) is 31.2 Å². The van der Waals surface area contributed by atoms with Crippen LogP contribution in [0.2, 0.25) is 0 Å². The van der Waals surface area contributed by atoms with Gasteiger partial charge in [-0.15, -0.1) is 0 Å². The third kappa shape index (κ3) is 4.20. The molecule has 0 unspecified atom stereocenters. The molecule has 1 amide bonds. The number of nitrogens with zero attached hydrogens (tertiary/aromatic N) is 4. The predicted octanol–water partition coefficient (Wildman–Crippen LogP) is 2.11. The molecule has 25 heavy (non-hydrogen) atoms. The molecule has 128 valence electrons. The zero-order valence-corrected chi connectivity index (χ0v) is 14.0. The summed E-state index contributed by atoms with van der Waals surface area (Å²) in [5.74, 6) is 0.259. The van der Waals surface area contributed by atoms with E-state index in [1.165, 1.54) is 0 Å². The molecule has 1 N–H and O–H groups in total. The van der Waals surface area contributed by atoms with Crippen molar-refractivity contribution in [3.8, 4) is 5.75 Å². The minimum atomic E-state index is -0.570. The lowest BCUT2D eigenvalue weighted by molar-refractivity contribution is -0.117. The van der Waals surface area contributed by atoms with Gasteiger partial charge in [0.2, 0.25) is 5.91 Å². The molecular weight excluding hydrogens is 318 g/mol. The van der Waals surface area contributed by atoms with Gasteiger partial charge in [0.05, 0.1) is 13.0 Å². The van der Waals surface area contributed by atoms with Crippen molar-refractivity contribution < 1.29 is 9.53 Å². The summed E-state index contributed by atoms with van der Waals surface area (Å²) in [5, 5.41) is 17.6. The smallest absolute Gasteiger partial charge is 0.232 e. The lowest BCUT2D eigenvalue weighted by Gasteiger charge is -2.17. The molecular formula is C18H18N5O2-. The third-order valence-corrected chi connectivity index (χ3v) is 3.84. The van der Waals surface area contributed by atoms with E-state index in [-0.39, 0.29) is 5.91 Å². The number of rotatable bonds is 6. The summed E-state index contributed by atoms with van der Waals surface area (Å²) in [6, 6.07) is 15.1. The average Bonchev–Trinajstić information content (AvgIpc) is 3.14. The largest absolute Gasteiger partial charge is 0.497 e. The number of anilines is 1. The first kappa shape index (κ1) is 16.6. The number of ether oxygens (including phenoxy) is 1. The number of aromatic nitrogens is 4. The van der Waals surface area contributed by atoms with Gasteiger partial charge in [-0.3, -0.25) is 15.1 Å². The van der Waals surface area contributed by atoms with Crippen LogP contribution in [0.1, 0.15) is 22.9 Å². The van der Waals surface area contributed by atoms with Crippen molar-refractivity contribution in [2.24, 2.45) is 0 Å². The van der Waals surface area contributed by atoms with E-state index < -0.39 is 5.92 Å². The van der Waals surface area contributed by atoms with Crippen molar-refractivity contribution in [2.45, 2.75) is 19.3 Å². The maximum atomic E-state index is 12.8. The number of carbonyl (C=O) groups is 1. The third-order valence-electron chi connectivity index (χ3n) is 3.84. The molecule has 1 aromatic heterocycles. The van der Waals surface area contributed by atoms with E-state index in [0.29, 0.717) is 17.9 Å². The Hall–Kier alpha value is -3.22. The van der Waals surface area contributed by atoms with Gasteiger partial charge in [-0.2, -0.15) is 5.21 Å². The van der Waals surface area contributed by atoms with Crippen molar-refractivity contribution in [3.63, 3.8) is 0 Å². The molecule has 0 bridgehead atoms. The zero-order chi connectivity index (χ0) is 17.6. The summed E-state index contributed by atoms with van der Waals surface area (Å²) < 4.78 is 5.12. The number of methoxy groups -OCH3 is 1. The molecule has 2 aromatic carbocycles. The van der Waals surface area contributed by atoms with E-state index in [9.17, 15) is 4.79 Å². The number of carbonyl (C=O) groups excluding carboxylic acids is 1. The molecule has 3 rings (SSSR count). The highest BCUT2D eigenvalue weighted by Gasteiger charge is 2.21. The standard InChI is InChI=1S/C18H19N5O2/c1-12-4-3-5-13(10-12)11-16(17-20-22-23-21-17)18(24)19-14-6-8-15(25-2)9-7-14/h3-10,16H,11H2,1-2H3,(H2,19,20,21,22,23,24)/p-1/t16-/m1/s1. The average molecular weight is 336 g/mol. The number of tetrazole rings is 1. The second-order valence-corrected chi connectivity index (χ2v) is 5.70. The van der Waals surface area contributed by atoms with Gasteiger partial charge in [-0.1, -0.05) is 29.8 Å². The van der Waals surface area contributed by atoms with Crippen LogP contribution >= 0.6 is 0 Å². The van der Waals surface area contributed by atoms with Gasteiger partial charge in [0.1, 0.15) is 5.75 Å². The van der Waals surface area contributed by atoms with Crippen LogP contribution in [-0.2, 0) is 11.2 Å². The molecule has 0 fully saturated rings. The van der Waals surface area contributed by atoms with Crippen LogP contribution in [0, 0.1) is 6.92 Å². The number of nitrogens with one attached hydrogen (secondary N) is 1. The van der Waals surface area contributed by atoms with Crippen molar-refractivity contribution in [2.75, 3.05) is 12.4 Å². The van der Waals surface area contributed by atoms with Crippen LogP contribution in [0.15, 0.2) is 48.5 Å². The van der Waals surface area contributed by atoms with Crippen molar-refractivity contribution in [3.05, 3.63) is 65.5 Å². The molecule has 7 nitrogen and oxygen atoms in total. The minimum absolute atomic E-state index is 0.207. The predicted molar refractivity (Wildman–Crippen MR) is 92.4 cm³/mol. The second kappa shape index (κ2) is 7.57. The lowest BCUT2D eigenvalue weighted by Crippen LogP contribution is -2.24. The fourth-order valence-electron chi connectivity index (χ4n) is 2.57. The van der Waals surface area contributed by atoms with Gasteiger partial charge in [0.15, 0.2) is 0 Å². The second-order valence-electron chi connectivity index (χ2n) is 5.70. The monoisotopic (exact) mass is 336 g/mol. The maximum absolute atomic E-state index is 12.8. The first-order valence-corrected chi connectivity index (χ1v) is 7.85. The summed E-state index contributed by atoms with van der Waals surface area (Å²) in [6.07, 6.45) is 0.469. The topological polar surface area (TPSA) is 91.1 Å². The summed E-state index contributed by atoms with van der Waals surface area (Å²) in [5.41, 5.74) is 2.83. The van der Waals surface area contributed by atoms with Crippen molar-refractivity contribution in [1.82, 2.24) is 20.6 Å². The Morgan fingerprint density at radius 1 is 1.24 bits per heavy atom. The fourth-order valence-corrected chi connectivity index (χ4v) is 2.57. The fraction of sp³-hybridized carbons (Fsp3) is 0.222. The highest BCUT2D eigenvalue weighted by atomic mass is 16.5. The highest BCUT2D eigenvalue weighted by molar-refractivity contribution is 5.95. The quantitative estimate of drug-likeness (QED) is 0.741. The van der Waals surface area contributed by atoms with E-state index >= 15 is 0 Å². The van der Waals surface area contributed by atoms with Gasteiger partial charge < -0.3 is 15.2 Å². The van der Waals surface area contributed by atoms with Gasteiger partial charge in [0, 0.05) is 11.5 Å². The molecule has 0 aliphatic carbocycles. The zero-order valence-electron chi connectivity index (χ0n) is 14.0. The van der Waals surface area contributed by atoms with Crippen LogP contribution in [0.4, 0.5) is 5.69 Å². The maximum Gasteiger partial charge on any atom is 0.232 e. The lowest BCUT2D eigenvalue weighted by atomic mass is 9.96. The Kier molecular flexibility index (Phi) is 5.03. The van der Waals surface area contributed by atoms with Crippen LogP contribution in [-0.4, -0.2) is 28.5 Å². The summed E-state index contributed by atoms with van der Waals surface area (Å²) in [4.78, 5) is 12.8. The number of aryl methyl sites for hydroxylation is 1. The Morgan fingerprint density at radius 3 is 2.68 bits per heavy atom. The first-order chi connectivity index (χ1) is 12.2. The van der Waals surface area contributed by atoms with E-state index in [0.717, 1.165) is 16.9 Å². The molecule has 3 aromatic rings. The molecule has 0 saturated heterocycles. The number of hydrogen-bond donors (Lipinski definition) is 1. The summed E-state index contributed by atoms with van der Waals surface area (Å²) in [7, 11) is 1.60. The number of benzene rings is 2. The van der Waals surface area contributed by atoms with Crippen LogP contribution in [0.25, 0.3) is 0 Å². The minimum Gasteiger partial charge on any atom is -0.497 e. The Balaban J connectivity index is 1.79. The summed E-state index contributed by atoms with van der Waals surface area (Å²) >= 11 is 0. The molecule has 1 atom stereocenters. The normalized spacial score (nSPS) is 11.8. The van der Waals surface area contributed by atoms with Crippen molar-refractivity contribution in [1.29, 1.82) is 0 Å². The first-order valence-electron chi connectivity index (χ1n) is 7.85. The molecule has 0 aliphatic rings. The van der Waals surface area contributed by atoms with Crippen LogP contribution in [0.5, 0.6) is 5.75 Å².